The summed E-state index contributed by atoms with van der Waals surface area (Å²) in [5, 5.41) is 12.0. The summed E-state index contributed by atoms with van der Waals surface area (Å²) in [5.74, 6) is -1.25. The van der Waals surface area contributed by atoms with Crippen LogP contribution < -0.4 is 5.32 Å². The van der Waals surface area contributed by atoms with E-state index in [1.54, 1.807) is 19.9 Å². The van der Waals surface area contributed by atoms with Gasteiger partial charge in [-0.25, -0.2) is 4.79 Å². The molecule has 1 rings (SSSR count). The molecule has 0 spiro atoms. The summed E-state index contributed by atoms with van der Waals surface area (Å²) in [6, 6.07) is 3.09. The predicted octanol–water partition coefficient (Wildman–Crippen LogP) is 2.74. The van der Waals surface area contributed by atoms with E-state index in [0.717, 1.165) is 29.9 Å². The fraction of sp³-hybridized carbons (Fsp3) is 0.526. The molecule has 136 valence electrons. The van der Waals surface area contributed by atoms with Crippen LogP contribution in [0.3, 0.4) is 0 Å². The van der Waals surface area contributed by atoms with E-state index in [-0.39, 0.29) is 11.5 Å². The molecule has 0 aliphatic heterocycles. The van der Waals surface area contributed by atoms with Gasteiger partial charge in [-0.05, 0) is 43.9 Å². The van der Waals surface area contributed by atoms with Crippen molar-refractivity contribution >= 4 is 18.0 Å². The second-order valence-electron chi connectivity index (χ2n) is 6.37. The molecular weight excluding hydrogens is 318 g/mol. The highest BCUT2D eigenvalue weighted by Gasteiger charge is 2.26. The first-order valence-electron chi connectivity index (χ1n) is 8.43. The monoisotopic (exact) mass is 345 g/mol. The van der Waals surface area contributed by atoms with Crippen molar-refractivity contribution in [1.29, 1.82) is 5.26 Å². The number of nitrogens with one attached hydrogen (secondary N) is 1. The number of esters is 1. The Morgan fingerprint density at radius 2 is 2.04 bits per heavy atom. The number of hydrogen-bond donors (Lipinski definition) is 1. The van der Waals surface area contributed by atoms with Gasteiger partial charge in [0.15, 0.2) is 0 Å². The fourth-order valence-electron chi connectivity index (χ4n) is 2.69. The summed E-state index contributed by atoms with van der Waals surface area (Å²) in [5.41, 5.74) is 2.88. The van der Waals surface area contributed by atoms with Crippen molar-refractivity contribution in [2.75, 3.05) is 7.11 Å². The van der Waals surface area contributed by atoms with Crippen molar-refractivity contribution in [2.24, 2.45) is 5.92 Å². The van der Waals surface area contributed by atoms with Gasteiger partial charge in [-0.3, -0.25) is 4.79 Å². The molecule has 1 aromatic heterocycles. The first-order chi connectivity index (χ1) is 11.8. The van der Waals surface area contributed by atoms with E-state index in [9.17, 15) is 14.9 Å². The highest BCUT2D eigenvalue weighted by molar-refractivity contribution is 6.03. The van der Waals surface area contributed by atoms with Crippen LogP contribution in [0.1, 0.15) is 44.1 Å². The Kier molecular flexibility index (Phi) is 7.43. The maximum Gasteiger partial charge on any atom is 0.328 e. The molecule has 1 unspecified atom stereocenters. The largest absolute Gasteiger partial charge is 0.467 e. The number of methoxy groups -OCH3 is 1. The number of carbonyl (C=O) groups is 2. The van der Waals surface area contributed by atoms with Gasteiger partial charge >= 0.3 is 5.97 Å². The van der Waals surface area contributed by atoms with Gasteiger partial charge in [0, 0.05) is 17.9 Å². The number of rotatable bonds is 7. The molecule has 1 N–H and O–H groups in total. The van der Waals surface area contributed by atoms with Crippen molar-refractivity contribution in [3.8, 4) is 6.07 Å². The Morgan fingerprint density at radius 3 is 2.52 bits per heavy atom. The number of amides is 1. The van der Waals surface area contributed by atoms with Gasteiger partial charge < -0.3 is 14.6 Å². The Labute approximate surface area is 149 Å². The lowest BCUT2D eigenvalue weighted by Crippen LogP contribution is -2.45. The standard InChI is InChI=1S/C19H27N3O3/c1-7-8-22-13(4)9-15(14(22)5)10-16(11-20)18(23)21-17(12(2)3)19(24)25-6/h9-10,12,17H,7-8H2,1-6H3,(H,21,23). The molecule has 0 fully saturated rings. The smallest absolute Gasteiger partial charge is 0.328 e. The van der Waals surface area contributed by atoms with Crippen LogP contribution in [-0.2, 0) is 20.9 Å². The molecule has 6 nitrogen and oxygen atoms in total. The molecule has 0 radical (unpaired) electrons. The molecule has 0 aliphatic carbocycles. The van der Waals surface area contributed by atoms with Crippen LogP contribution in [0.2, 0.25) is 0 Å². The summed E-state index contributed by atoms with van der Waals surface area (Å²) in [6.07, 6.45) is 2.57. The minimum atomic E-state index is -0.790. The number of nitriles is 1. The van der Waals surface area contributed by atoms with Crippen LogP contribution in [0.5, 0.6) is 0 Å². The minimum absolute atomic E-state index is 0.0358. The van der Waals surface area contributed by atoms with Crippen LogP contribution in [-0.4, -0.2) is 29.6 Å². The molecule has 1 atom stereocenters. The molecule has 0 aromatic carbocycles. The van der Waals surface area contributed by atoms with Gasteiger partial charge in [0.25, 0.3) is 5.91 Å². The molecule has 6 heteroatoms. The lowest BCUT2D eigenvalue weighted by molar-refractivity contribution is -0.145. The lowest BCUT2D eigenvalue weighted by atomic mass is 10.0. The average molecular weight is 345 g/mol. The maximum absolute atomic E-state index is 12.4. The lowest BCUT2D eigenvalue weighted by Gasteiger charge is -2.19. The normalized spacial score (nSPS) is 12.6. The van der Waals surface area contributed by atoms with Crippen LogP contribution in [0.4, 0.5) is 0 Å². The quantitative estimate of drug-likeness (QED) is 0.468. The third-order valence-corrected chi connectivity index (χ3v) is 4.13. The SMILES string of the molecule is CCCn1c(C)cc(C=C(C#N)C(=O)NC(C(=O)OC)C(C)C)c1C. The summed E-state index contributed by atoms with van der Waals surface area (Å²) < 4.78 is 6.87. The Hall–Kier alpha value is -2.55. The molecule has 25 heavy (non-hydrogen) atoms. The molecule has 1 aromatic rings. The summed E-state index contributed by atoms with van der Waals surface area (Å²) in [6.45, 7) is 10.6. The number of aryl methyl sites for hydroxylation is 1. The zero-order valence-electron chi connectivity index (χ0n) is 15.8. The van der Waals surface area contributed by atoms with Crippen molar-refractivity contribution in [1.82, 2.24) is 9.88 Å². The van der Waals surface area contributed by atoms with Crippen molar-refractivity contribution in [3.05, 3.63) is 28.6 Å². The van der Waals surface area contributed by atoms with Crippen LogP contribution in [0.15, 0.2) is 11.6 Å². The van der Waals surface area contributed by atoms with E-state index < -0.39 is 17.9 Å². The molecule has 0 saturated heterocycles. The van der Waals surface area contributed by atoms with Gasteiger partial charge in [-0.15, -0.1) is 0 Å². The van der Waals surface area contributed by atoms with E-state index >= 15 is 0 Å². The van der Waals surface area contributed by atoms with Crippen LogP contribution >= 0.6 is 0 Å². The van der Waals surface area contributed by atoms with Gasteiger partial charge in [0.05, 0.1) is 7.11 Å². The Morgan fingerprint density at radius 1 is 1.40 bits per heavy atom. The van der Waals surface area contributed by atoms with Crippen LogP contribution in [0.25, 0.3) is 6.08 Å². The number of hydrogen-bond acceptors (Lipinski definition) is 4. The van der Waals surface area contributed by atoms with Crippen molar-refractivity contribution in [2.45, 2.75) is 53.6 Å². The number of carbonyl (C=O) groups excluding carboxylic acids is 2. The molecule has 0 saturated carbocycles. The average Bonchev–Trinajstić information content (AvgIpc) is 2.84. The molecular formula is C19H27N3O3. The number of ether oxygens (including phenoxy) is 1. The van der Waals surface area contributed by atoms with Crippen LogP contribution in [0, 0.1) is 31.1 Å². The second-order valence-corrected chi connectivity index (χ2v) is 6.37. The number of nitrogens with zero attached hydrogens (tertiary/aromatic N) is 2. The molecule has 0 aliphatic rings. The zero-order valence-corrected chi connectivity index (χ0v) is 15.8. The maximum atomic E-state index is 12.4. The van der Waals surface area contributed by atoms with Crippen molar-refractivity contribution < 1.29 is 14.3 Å². The summed E-state index contributed by atoms with van der Waals surface area (Å²) >= 11 is 0. The molecule has 1 amide bonds. The van der Waals surface area contributed by atoms with Gasteiger partial charge in [-0.2, -0.15) is 5.26 Å². The summed E-state index contributed by atoms with van der Waals surface area (Å²) in [7, 11) is 1.27. The van der Waals surface area contributed by atoms with E-state index in [2.05, 4.69) is 16.8 Å². The molecule has 0 bridgehead atoms. The first kappa shape index (κ1) is 20.5. The third kappa shape index (κ3) is 4.96. The van der Waals surface area contributed by atoms with Gasteiger partial charge in [0.1, 0.15) is 17.7 Å². The Balaban J connectivity index is 3.11. The third-order valence-electron chi connectivity index (χ3n) is 4.13. The van der Waals surface area contributed by atoms with Gasteiger partial charge in [-0.1, -0.05) is 20.8 Å². The Bertz CT molecular complexity index is 708. The highest BCUT2D eigenvalue weighted by atomic mass is 16.5. The van der Waals surface area contributed by atoms with Crippen molar-refractivity contribution in [3.63, 3.8) is 0 Å². The fourth-order valence-corrected chi connectivity index (χ4v) is 2.69. The van der Waals surface area contributed by atoms with E-state index in [4.69, 9.17) is 4.74 Å². The number of aromatic nitrogens is 1. The minimum Gasteiger partial charge on any atom is -0.467 e. The van der Waals surface area contributed by atoms with E-state index in [1.807, 2.05) is 26.0 Å². The van der Waals surface area contributed by atoms with E-state index in [0.29, 0.717) is 0 Å². The first-order valence-corrected chi connectivity index (χ1v) is 8.43. The zero-order chi connectivity index (χ0) is 19.1. The van der Waals surface area contributed by atoms with Gasteiger partial charge in [0.2, 0.25) is 0 Å². The predicted molar refractivity (Wildman–Crippen MR) is 96.6 cm³/mol. The highest BCUT2D eigenvalue weighted by Crippen LogP contribution is 2.19. The van der Waals surface area contributed by atoms with E-state index in [1.165, 1.54) is 7.11 Å². The molecule has 1 heterocycles. The second kappa shape index (κ2) is 9.07. The topological polar surface area (TPSA) is 84.1 Å². The summed E-state index contributed by atoms with van der Waals surface area (Å²) in [4.78, 5) is 24.2.